The maximum Gasteiger partial charge on any atom is 0.274 e. The minimum Gasteiger partial charge on any atom is -0.279 e. The van der Waals surface area contributed by atoms with Crippen LogP contribution in [0.15, 0.2) is 41.3 Å². The standard InChI is InChI=1S/C16H16N2O4S/c1-11-5-7-14(10-16(11)18(19)20)17-23(21,22)15-8-6-12-3-2-4-13(12)9-15/h5-10,17H,2-4H2,1H3. The summed E-state index contributed by atoms with van der Waals surface area (Å²) in [4.78, 5) is 10.6. The summed E-state index contributed by atoms with van der Waals surface area (Å²) in [5.41, 5.74) is 2.80. The van der Waals surface area contributed by atoms with Gasteiger partial charge in [0.2, 0.25) is 0 Å². The molecule has 0 fully saturated rings. The number of nitro groups is 1. The molecule has 1 aliphatic carbocycles. The van der Waals surface area contributed by atoms with Gasteiger partial charge in [0, 0.05) is 11.6 Å². The Morgan fingerprint density at radius 2 is 1.83 bits per heavy atom. The van der Waals surface area contributed by atoms with E-state index < -0.39 is 14.9 Å². The molecule has 0 saturated carbocycles. The number of benzene rings is 2. The number of nitrogens with one attached hydrogen (secondary N) is 1. The molecule has 0 amide bonds. The first-order chi connectivity index (χ1) is 10.9. The van der Waals surface area contributed by atoms with E-state index >= 15 is 0 Å². The largest absolute Gasteiger partial charge is 0.279 e. The summed E-state index contributed by atoms with van der Waals surface area (Å²) in [6.07, 6.45) is 2.90. The molecule has 3 rings (SSSR count). The fourth-order valence-corrected chi connectivity index (χ4v) is 3.90. The van der Waals surface area contributed by atoms with E-state index in [-0.39, 0.29) is 16.3 Å². The van der Waals surface area contributed by atoms with Crippen LogP contribution in [0.25, 0.3) is 0 Å². The van der Waals surface area contributed by atoms with Crippen LogP contribution < -0.4 is 4.72 Å². The van der Waals surface area contributed by atoms with E-state index in [1.54, 1.807) is 19.1 Å². The molecule has 2 aromatic carbocycles. The van der Waals surface area contributed by atoms with E-state index in [9.17, 15) is 18.5 Å². The van der Waals surface area contributed by atoms with E-state index in [0.29, 0.717) is 5.56 Å². The number of rotatable bonds is 4. The first-order valence-corrected chi connectivity index (χ1v) is 8.75. The Bertz CT molecular complexity index is 891. The zero-order valence-electron chi connectivity index (χ0n) is 12.6. The molecule has 7 heteroatoms. The number of nitrogens with zero attached hydrogens (tertiary/aromatic N) is 1. The minimum absolute atomic E-state index is 0.112. The van der Waals surface area contributed by atoms with Crippen molar-refractivity contribution in [3.63, 3.8) is 0 Å². The molecule has 0 aromatic heterocycles. The molecule has 1 aliphatic rings. The highest BCUT2D eigenvalue weighted by Gasteiger charge is 2.20. The van der Waals surface area contributed by atoms with Gasteiger partial charge < -0.3 is 0 Å². The van der Waals surface area contributed by atoms with Gasteiger partial charge in [-0.2, -0.15) is 0 Å². The Labute approximate surface area is 134 Å². The molecular weight excluding hydrogens is 316 g/mol. The Balaban J connectivity index is 1.92. The number of sulfonamides is 1. The van der Waals surface area contributed by atoms with Crippen molar-refractivity contribution >= 4 is 21.4 Å². The van der Waals surface area contributed by atoms with Crippen molar-refractivity contribution in [1.29, 1.82) is 0 Å². The van der Waals surface area contributed by atoms with Gasteiger partial charge in [-0.15, -0.1) is 0 Å². The number of aryl methyl sites for hydroxylation is 3. The van der Waals surface area contributed by atoms with Crippen LogP contribution in [0, 0.1) is 17.0 Å². The number of hydrogen-bond acceptors (Lipinski definition) is 4. The van der Waals surface area contributed by atoms with Crippen LogP contribution in [-0.2, 0) is 22.9 Å². The van der Waals surface area contributed by atoms with Crippen molar-refractivity contribution in [2.24, 2.45) is 0 Å². The maximum absolute atomic E-state index is 12.5. The van der Waals surface area contributed by atoms with Gasteiger partial charge in [0.1, 0.15) is 0 Å². The van der Waals surface area contributed by atoms with Crippen LogP contribution in [0.4, 0.5) is 11.4 Å². The van der Waals surface area contributed by atoms with Crippen molar-refractivity contribution in [2.45, 2.75) is 31.1 Å². The van der Waals surface area contributed by atoms with E-state index in [2.05, 4.69) is 4.72 Å². The molecule has 0 saturated heterocycles. The summed E-state index contributed by atoms with van der Waals surface area (Å²) in [6, 6.07) is 9.39. The third-order valence-corrected chi connectivity index (χ3v) is 5.42. The normalized spacial score (nSPS) is 13.6. The highest BCUT2D eigenvalue weighted by Crippen LogP contribution is 2.27. The second-order valence-electron chi connectivity index (χ2n) is 5.65. The van der Waals surface area contributed by atoms with Gasteiger partial charge in [0.25, 0.3) is 15.7 Å². The third-order valence-electron chi connectivity index (χ3n) is 4.04. The van der Waals surface area contributed by atoms with E-state index in [4.69, 9.17) is 0 Å². The second kappa shape index (κ2) is 5.66. The van der Waals surface area contributed by atoms with Crippen LogP contribution in [0.1, 0.15) is 23.1 Å². The fraction of sp³-hybridized carbons (Fsp3) is 0.250. The summed E-state index contributed by atoms with van der Waals surface area (Å²) in [5.74, 6) is 0. The van der Waals surface area contributed by atoms with E-state index in [1.807, 2.05) is 6.07 Å². The Hall–Kier alpha value is -2.41. The number of anilines is 1. The lowest BCUT2D eigenvalue weighted by molar-refractivity contribution is -0.385. The molecule has 0 spiro atoms. The van der Waals surface area contributed by atoms with Gasteiger partial charge in [-0.25, -0.2) is 8.42 Å². The maximum atomic E-state index is 12.5. The summed E-state index contributed by atoms with van der Waals surface area (Å²) >= 11 is 0. The molecule has 23 heavy (non-hydrogen) atoms. The summed E-state index contributed by atoms with van der Waals surface area (Å²) in [7, 11) is -3.76. The molecular formula is C16H16N2O4S. The first kappa shape index (κ1) is 15.5. The van der Waals surface area contributed by atoms with Crippen molar-refractivity contribution in [1.82, 2.24) is 0 Å². The van der Waals surface area contributed by atoms with Crippen molar-refractivity contribution in [3.8, 4) is 0 Å². The molecule has 0 heterocycles. The number of hydrogen-bond donors (Lipinski definition) is 1. The lowest BCUT2D eigenvalue weighted by Gasteiger charge is -2.10. The zero-order valence-corrected chi connectivity index (χ0v) is 13.4. The van der Waals surface area contributed by atoms with E-state index in [0.717, 1.165) is 24.8 Å². The average Bonchev–Trinajstić information content (AvgIpc) is 2.96. The molecule has 6 nitrogen and oxygen atoms in total. The summed E-state index contributed by atoms with van der Waals surface area (Å²) < 4.78 is 27.4. The van der Waals surface area contributed by atoms with Crippen LogP contribution in [-0.4, -0.2) is 13.3 Å². The second-order valence-corrected chi connectivity index (χ2v) is 7.33. The molecule has 0 radical (unpaired) electrons. The van der Waals surface area contributed by atoms with Gasteiger partial charge in [-0.05, 0) is 55.5 Å². The third kappa shape index (κ3) is 3.05. The lowest BCUT2D eigenvalue weighted by Crippen LogP contribution is -2.13. The predicted molar refractivity (Wildman–Crippen MR) is 87.1 cm³/mol. The van der Waals surface area contributed by atoms with Gasteiger partial charge >= 0.3 is 0 Å². The SMILES string of the molecule is Cc1ccc(NS(=O)(=O)c2ccc3c(c2)CCC3)cc1[N+](=O)[O-]. The number of nitro benzene ring substituents is 1. The average molecular weight is 332 g/mol. The highest BCUT2D eigenvalue weighted by molar-refractivity contribution is 7.92. The Kier molecular flexibility index (Phi) is 3.81. The van der Waals surface area contributed by atoms with Gasteiger partial charge in [-0.1, -0.05) is 12.1 Å². The van der Waals surface area contributed by atoms with Crippen molar-refractivity contribution < 1.29 is 13.3 Å². The molecule has 0 aliphatic heterocycles. The topological polar surface area (TPSA) is 89.3 Å². The molecule has 120 valence electrons. The minimum atomic E-state index is -3.76. The first-order valence-electron chi connectivity index (χ1n) is 7.26. The zero-order chi connectivity index (χ0) is 16.6. The van der Waals surface area contributed by atoms with Crippen molar-refractivity contribution in [2.75, 3.05) is 4.72 Å². The molecule has 0 bridgehead atoms. The smallest absolute Gasteiger partial charge is 0.274 e. The number of fused-ring (bicyclic) bond motifs is 1. The van der Waals surface area contributed by atoms with Crippen LogP contribution in [0.2, 0.25) is 0 Å². The van der Waals surface area contributed by atoms with E-state index in [1.165, 1.54) is 23.8 Å². The molecule has 0 atom stereocenters. The Morgan fingerprint density at radius 3 is 2.57 bits per heavy atom. The van der Waals surface area contributed by atoms with Gasteiger partial charge in [-0.3, -0.25) is 14.8 Å². The van der Waals surface area contributed by atoms with Gasteiger partial charge in [0.05, 0.1) is 15.5 Å². The van der Waals surface area contributed by atoms with Crippen LogP contribution in [0.5, 0.6) is 0 Å². The molecule has 0 unspecified atom stereocenters. The van der Waals surface area contributed by atoms with Gasteiger partial charge in [0.15, 0.2) is 0 Å². The quantitative estimate of drug-likeness (QED) is 0.688. The monoisotopic (exact) mass is 332 g/mol. The highest BCUT2D eigenvalue weighted by atomic mass is 32.2. The molecule has 1 N–H and O–H groups in total. The Morgan fingerprint density at radius 1 is 1.09 bits per heavy atom. The fourth-order valence-electron chi connectivity index (χ4n) is 2.80. The van der Waals surface area contributed by atoms with Crippen molar-refractivity contribution in [3.05, 3.63) is 63.2 Å². The predicted octanol–water partition coefficient (Wildman–Crippen LogP) is 3.19. The summed E-state index contributed by atoms with van der Waals surface area (Å²) in [6.45, 7) is 1.61. The van der Waals surface area contributed by atoms with Crippen LogP contribution >= 0.6 is 0 Å². The summed E-state index contributed by atoms with van der Waals surface area (Å²) in [5, 5.41) is 11.0. The van der Waals surface area contributed by atoms with Crippen LogP contribution in [0.3, 0.4) is 0 Å². The lowest BCUT2D eigenvalue weighted by atomic mass is 10.1. The molecule has 2 aromatic rings.